The van der Waals surface area contributed by atoms with Crippen LogP contribution in [0.1, 0.15) is 26.3 Å². The van der Waals surface area contributed by atoms with Crippen LogP contribution in [0.15, 0.2) is 24.3 Å². The molecule has 96 valence electrons. The second kappa shape index (κ2) is 8.43. The van der Waals surface area contributed by atoms with Crippen molar-refractivity contribution in [1.29, 1.82) is 0 Å². The summed E-state index contributed by atoms with van der Waals surface area (Å²) in [6, 6.07) is 8.87. The lowest BCUT2D eigenvalue weighted by Gasteiger charge is -2.13. The van der Waals surface area contributed by atoms with E-state index in [-0.39, 0.29) is 0 Å². The number of hydrogen-bond acceptors (Lipinski definition) is 3. The van der Waals surface area contributed by atoms with Gasteiger partial charge in [0.2, 0.25) is 0 Å². The molecule has 17 heavy (non-hydrogen) atoms. The first-order valence-electron chi connectivity index (χ1n) is 6.29. The van der Waals surface area contributed by atoms with Gasteiger partial charge in [0.15, 0.2) is 0 Å². The molecule has 1 rings (SSSR count). The van der Waals surface area contributed by atoms with Crippen LogP contribution in [0.2, 0.25) is 0 Å². The minimum absolute atomic E-state index is 0.562. The van der Waals surface area contributed by atoms with Gasteiger partial charge in [-0.2, -0.15) is 11.8 Å². The molecule has 0 spiro atoms. The second-order valence-corrected chi connectivity index (χ2v) is 5.34. The molecule has 1 aromatic carbocycles. The van der Waals surface area contributed by atoms with Gasteiger partial charge in [0, 0.05) is 18.3 Å². The Bertz CT molecular complexity index is 300. The van der Waals surface area contributed by atoms with E-state index in [1.54, 1.807) is 0 Å². The Morgan fingerprint density at radius 2 is 1.94 bits per heavy atom. The van der Waals surface area contributed by atoms with Gasteiger partial charge >= 0.3 is 0 Å². The fourth-order valence-corrected chi connectivity index (χ4v) is 2.22. The highest BCUT2D eigenvalue weighted by molar-refractivity contribution is 7.99. The zero-order valence-electron chi connectivity index (χ0n) is 11.0. The first kappa shape index (κ1) is 14.4. The molecule has 0 saturated heterocycles. The summed E-state index contributed by atoms with van der Waals surface area (Å²) in [6.45, 7) is 8.09. The summed E-state index contributed by atoms with van der Waals surface area (Å²) in [5.41, 5.74) is 1.31. The molecule has 0 heterocycles. The summed E-state index contributed by atoms with van der Waals surface area (Å²) in [5, 5.41) is 3.52. The summed E-state index contributed by atoms with van der Waals surface area (Å²) < 4.78 is 5.42. The smallest absolute Gasteiger partial charge is 0.119 e. The van der Waals surface area contributed by atoms with E-state index in [4.69, 9.17) is 4.74 Å². The Hall–Kier alpha value is -0.670. The molecule has 0 aromatic heterocycles. The summed E-state index contributed by atoms with van der Waals surface area (Å²) in [5.74, 6) is 3.31. The number of benzene rings is 1. The van der Waals surface area contributed by atoms with E-state index < -0.39 is 0 Å². The minimum atomic E-state index is 0.562. The SMILES string of the molecule is CCOc1ccc(CNC(C)CSCC)cc1. The van der Waals surface area contributed by atoms with Gasteiger partial charge in [0.1, 0.15) is 5.75 Å². The first-order chi connectivity index (χ1) is 8.26. The molecular formula is C14H23NOS. The lowest BCUT2D eigenvalue weighted by molar-refractivity contribution is 0.340. The van der Waals surface area contributed by atoms with Crippen LogP contribution in [-0.2, 0) is 6.54 Å². The van der Waals surface area contributed by atoms with E-state index in [1.165, 1.54) is 17.1 Å². The zero-order chi connectivity index (χ0) is 12.5. The van der Waals surface area contributed by atoms with Gasteiger partial charge in [-0.25, -0.2) is 0 Å². The molecule has 1 N–H and O–H groups in total. The van der Waals surface area contributed by atoms with E-state index >= 15 is 0 Å². The molecule has 1 aromatic rings. The molecule has 3 heteroatoms. The monoisotopic (exact) mass is 253 g/mol. The molecule has 0 aliphatic carbocycles. The van der Waals surface area contributed by atoms with Crippen molar-refractivity contribution in [2.24, 2.45) is 0 Å². The maximum Gasteiger partial charge on any atom is 0.119 e. The summed E-state index contributed by atoms with van der Waals surface area (Å²) in [6.07, 6.45) is 0. The molecule has 0 bridgehead atoms. The molecule has 0 aliphatic rings. The predicted octanol–water partition coefficient (Wildman–Crippen LogP) is 3.32. The highest BCUT2D eigenvalue weighted by atomic mass is 32.2. The third-order valence-electron chi connectivity index (χ3n) is 2.46. The van der Waals surface area contributed by atoms with Gasteiger partial charge < -0.3 is 10.1 Å². The number of ether oxygens (including phenoxy) is 1. The third kappa shape index (κ3) is 5.99. The van der Waals surface area contributed by atoms with E-state index in [0.717, 1.165) is 18.9 Å². The number of hydrogen-bond donors (Lipinski definition) is 1. The number of nitrogens with one attached hydrogen (secondary N) is 1. The van der Waals surface area contributed by atoms with Crippen molar-refractivity contribution in [3.63, 3.8) is 0 Å². The Morgan fingerprint density at radius 1 is 1.24 bits per heavy atom. The van der Waals surface area contributed by atoms with Crippen molar-refractivity contribution in [2.75, 3.05) is 18.1 Å². The topological polar surface area (TPSA) is 21.3 Å². The Balaban J connectivity index is 2.31. The normalized spacial score (nSPS) is 12.4. The van der Waals surface area contributed by atoms with Crippen LogP contribution in [0.4, 0.5) is 0 Å². The fourth-order valence-electron chi connectivity index (χ4n) is 1.52. The molecule has 2 nitrogen and oxygen atoms in total. The van der Waals surface area contributed by atoms with E-state index in [2.05, 4.69) is 31.3 Å². The van der Waals surface area contributed by atoms with E-state index in [9.17, 15) is 0 Å². The minimum Gasteiger partial charge on any atom is -0.494 e. The first-order valence-corrected chi connectivity index (χ1v) is 7.44. The Morgan fingerprint density at radius 3 is 2.53 bits per heavy atom. The van der Waals surface area contributed by atoms with Crippen LogP contribution < -0.4 is 10.1 Å². The van der Waals surface area contributed by atoms with Crippen molar-refractivity contribution in [1.82, 2.24) is 5.32 Å². The largest absolute Gasteiger partial charge is 0.494 e. The lowest BCUT2D eigenvalue weighted by Crippen LogP contribution is -2.27. The molecule has 0 saturated carbocycles. The van der Waals surface area contributed by atoms with Crippen molar-refractivity contribution in [3.8, 4) is 5.75 Å². The van der Waals surface area contributed by atoms with Gasteiger partial charge in [-0.15, -0.1) is 0 Å². The molecular weight excluding hydrogens is 230 g/mol. The van der Waals surface area contributed by atoms with Gasteiger partial charge in [-0.3, -0.25) is 0 Å². The Kier molecular flexibility index (Phi) is 7.13. The van der Waals surface area contributed by atoms with Crippen molar-refractivity contribution in [3.05, 3.63) is 29.8 Å². The highest BCUT2D eigenvalue weighted by Gasteiger charge is 2.01. The van der Waals surface area contributed by atoms with Crippen molar-refractivity contribution in [2.45, 2.75) is 33.4 Å². The maximum atomic E-state index is 5.42. The zero-order valence-corrected chi connectivity index (χ0v) is 11.8. The summed E-state index contributed by atoms with van der Waals surface area (Å²) in [4.78, 5) is 0. The summed E-state index contributed by atoms with van der Waals surface area (Å²) in [7, 11) is 0. The summed E-state index contributed by atoms with van der Waals surface area (Å²) >= 11 is 1.98. The molecule has 1 atom stereocenters. The second-order valence-electron chi connectivity index (χ2n) is 4.02. The van der Waals surface area contributed by atoms with Crippen LogP contribution in [0, 0.1) is 0 Å². The van der Waals surface area contributed by atoms with Gasteiger partial charge in [-0.1, -0.05) is 19.1 Å². The van der Waals surface area contributed by atoms with Crippen LogP contribution in [-0.4, -0.2) is 24.2 Å². The molecule has 1 unspecified atom stereocenters. The third-order valence-corrected chi connectivity index (χ3v) is 3.60. The van der Waals surface area contributed by atoms with Crippen LogP contribution >= 0.6 is 11.8 Å². The average Bonchev–Trinajstić information content (AvgIpc) is 2.36. The average molecular weight is 253 g/mol. The quantitative estimate of drug-likeness (QED) is 0.768. The van der Waals surface area contributed by atoms with Crippen molar-refractivity contribution >= 4 is 11.8 Å². The molecule has 0 radical (unpaired) electrons. The fraction of sp³-hybridized carbons (Fsp3) is 0.571. The van der Waals surface area contributed by atoms with Crippen LogP contribution in [0.3, 0.4) is 0 Å². The predicted molar refractivity (Wildman–Crippen MR) is 76.9 cm³/mol. The van der Waals surface area contributed by atoms with E-state index in [1.807, 2.05) is 30.8 Å². The van der Waals surface area contributed by atoms with Crippen LogP contribution in [0.5, 0.6) is 5.75 Å². The lowest BCUT2D eigenvalue weighted by atomic mass is 10.2. The van der Waals surface area contributed by atoms with Crippen molar-refractivity contribution < 1.29 is 4.74 Å². The maximum absolute atomic E-state index is 5.42. The molecule has 0 amide bonds. The van der Waals surface area contributed by atoms with Crippen LogP contribution in [0.25, 0.3) is 0 Å². The van der Waals surface area contributed by atoms with Gasteiger partial charge in [-0.05, 0) is 37.3 Å². The number of rotatable bonds is 8. The Labute approximate surface area is 109 Å². The number of thioether (sulfide) groups is 1. The van der Waals surface area contributed by atoms with E-state index in [0.29, 0.717) is 6.04 Å². The molecule has 0 aliphatic heterocycles. The van der Waals surface area contributed by atoms with Gasteiger partial charge in [0.05, 0.1) is 6.61 Å². The van der Waals surface area contributed by atoms with Gasteiger partial charge in [0.25, 0.3) is 0 Å². The highest BCUT2D eigenvalue weighted by Crippen LogP contribution is 2.12. The standard InChI is InChI=1S/C14H23NOS/c1-4-16-14-8-6-13(7-9-14)10-15-12(3)11-17-5-2/h6-9,12,15H,4-5,10-11H2,1-3H3. The molecule has 0 fully saturated rings.